The Hall–Kier alpha value is -1.27. The summed E-state index contributed by atoms with van der Waals surface area (Å²) in [5.41, 5.74) is 0.755. The van der Waals surface area contributed by atoms with Gasteiger partial charge in [-0.2, -0.15) is 0 Å². The van der Waals surface area contributed by atoms with Gasteiger partial charge >= 0.3 is 12.0 Å². The van der Waals surface area contributed by atoms with E-state index in [1.54, 1.807) is 12.1 Å². The Bertz CT molecular complexity index is 523. The highest BCUT2D eigenvalue weighted by molar-refractivity contribution is 9.10. The van der Waals surface area contributed by atoms with Gasteiger partial charge in [-0.05, 0) is 30.0 Å². The number of halogens is 2. The Balaban J connectivity index is 2.54. The van der Waals surface area contributed by atoms with Crippen molar-refractivity contribution in [1.82, 2.24) is 10.6 Å². The molecule has 0 fully saturated rings. The smallest absolute Gasteiger partial charge is 0.326 e. The van der Waals surface area contributed by atoms with Crippen molar-refractivity contribution in [2.45, 2.75) is 32.9 Å². The molecule has 1 rings (SSSR count). The molecule has 116 valence electrons. The molecule has 0 aliphatic rings. The van der Waals surface area contributed by atoms with E-state index >= 15 is 0 Å². The molecule has 0 saturated carbocycles. The van der Waals surface area contributed by atoms with E-state index in [9.17, 15) is 9.59 Å². The Morgan fingerprint density at radius 1 is 1.38 bits per heavy atom. The maximum absolute atomic E-state index is 11.8. The van der Waals surface area contributed by atoms with Gasteiger partial charge in [0.05, 0.1) is 0 Å². The third-order valence-corrected chi connectivity index (χ3v) is 3.61. The maximum Gasteiger partial charge on any atom is 0.326 e. The van der Waals surface area contributed by atoms with Crippen LogP contribution in [0.3, 0.4) is 0 Å². The molecule has 2 amide bonds. The number of hydrogen-bond donors (Lipinski definition) is 3. The van der Waals surface area contributed by atoms with Gasteiger partial charge in [-0.15, -0.1) is 0 Å². The Morgan fingerprint density at radius 3 is 2.57 bits per heavy atom. The standard InChI is InChI=1S/C14H18BrClN2O3/c1-8(2)5-12(13(19)20)18-14(21)17-7-9-3-4-10(15)6-11(9)16/h3-4,6,8,12H,5,7H2,1-2H3,(H,19,20)(H2,17,18,21). The van der Waals surface area contributed by atoms with Crippen LogP contribution >= 0.6 is 27.5 Å². The summed E-state index contributed by atoms with van der Waals surface area (Å²) in [4.78, 5) is 22.8. The molecule has 7 heteroatoms. The lowest BCUT2D eigenvalue weighted by atomic mass is 10.0. The summed E-state index contributed by atoms with van der Waals surface area (Å²) in [6, 6.07) is 3.91. The molecule has 1 atom stereocenters. The summed E-state index contributed by atoms with van der Waals surface area (Å²) < 4.78 is 0.851. The molecule has 1 unspecified atom stereocenters. The zero-order valence-electron chi connectivity index (χ0n) is 11.8. The van der Waals surface area contributed by atoms with Crippen molar-refractivity contribution in [1.29, 1.82) is 0 Å². The van der Waals surface area contributed by atoms with Crippen LogP contribution in [0.15, 0.2) is 22.7 Å². The van der Waals surface area contributed by atoms with Crippen LogP contribution in [0, 0.1) is 5.92 Å². The molecule has 0 aliphatic carbocycles. The Labute approximate surface area is 137 Å². The van der Waals surface area contributed by atoms with Gasteiger partial charge in [0.1, 0.15) is 6.04 Å². The fraction of sp³-hybridized carbons (Fsp3) is 0.429. The first-order valence-corrected chi connectivity index (χ1v) is 7.67. The molecule has 0 aromatic heterocycles. The molecular formula is C14H18BrClN2O3. The number of rotatable bonds is 6. The number of carboxylic acids is 1. The summed E-state index contributed by atoms with van der Waals surface area (Å²) in [5, 5.41) is 14.6. The van der Waals surface area contributed by atoms with Gasteiger partial charge in [0.2, 0.25) is 0 Å². The molecule has 0 aliphatic heterocycles. The molecular weight excluding hydrogens is 360 g/mol. The van der Waals surface area contributed by atoms with Crippen LogP contribution in [0.1, 0.15) is 25.8 Å². The molecule has 5 nitrogen and oxygen atoms in total. The van der Waals surface area contributed by atoms with E-state index in [2.05, 4.69) is 26.6 Å². The predicted molar refractivity (Wildman–Crippen MR) is 85.4 cm³/mol. The van der Waals surface area contributed by atoms with E-state index in [1.165, 1.54) is 0 Å². The highest BCUT2D eigenvalue weighted by Gasteiger charge is 2.20. The van der Waals surface area contributed by atoms with Gasteiger partial charge in [0.25, 0.3) is 0 Å². The maximum atomic E-state index is 11.8. The molecule has 1 aromatic carbocycles. The number of nitrogens with one attached hydrogen (secondary N) is 2. The summed E-state index contributed by atoms with van der Waals surface area (Å²) in [7, 11) is 0. The van der Waals surface area contributed by atoms with Crippen molar-refractivity contribution in [2.24, 2.45) is 5.92 Å². The SMILES string of the molecule is CC(C)CC(NC(=O)NCc1ccc(Br)cc1Cl)C(=O)O. The number of carbonyl (C=O) groups is 2. The molecule has 0 spiro atoms. The van der Waals surface area contributed by atoms with Gasteiger partial charge in [0, 0.05) is 16.0 Å². The van der Waals surface area contributed by atoms with Crippen molar-refractivity contribution < 1.29 is 14.7 Å². The monoisotopic (exact) mass is 376 g/mol. The van der Waals surface area contributed by atoms with Crippen molar-refractivity contribution >= 4 is 39.5 Å². The molecule has 0 saturated heterocycles. The van der Waals surface area contributed by atoms with Crippen LogP contribution in [0.2, 0.25) is 5.02 Å². The third-order valence-electron chi connectivity index (χ3n) is 2.77. The van der Waals surface area contributed by atoms with E-state index in [0.717, 1.165) is 10.0 Å². The predicted octanol–water partition coefficient (Wildman–Crippen LogP) is 3.40. The second-order valence-electron chi connectivity index (χ2n) is 5.08. The van der Waals surface area contributed by atoms with Gasteiger partial charge in [0.15, 0.2) is 0 Å². The average Bonchev–Trinajstić information content (AvgIpc) is 2.36. The van der Waals surface area contributed by atoms with Gasteiger partial charge in [-0.25, -0.2) is 9.59 Å². The van der Waals surface area contributed by atoms with Crippen molar-refractivity contribution in [3.05, 3.63) is 33.3 Å². The van der Waals surface area contributed by atoms with Crippen LogP contribution in [-0.4, -0.2) is 23.1 Å². The molecule has 0 heterocycles. The minimum atomic E-state index is -1.04. The summed E-state index contributed by atoms with van der Waals surface area (Å²) in [6.07, 6.45) is 0.377. The van der Waals surface area contributed by atoms with E-state index in [-0.39, 0.29) is 12.5 Å². The Kier molecular flexibility index (Phi) is 6.98. The zero-order valence-corrected chi connectivity index (χ0v) is 14.2. The molecule has 0 radical (unpaired) electrons. The molecule has 3 N–H and O–H groups in total. The topological polar surface area (TPSA) is 78.4 Å². The largest absolute Gasteiger partial charge is 0.480 e. The van der Waals surface area contributed by atoms with Crippen LogP contribution in [-0.2, 0) is 11.3 Å². The molecule has 21 heavy (non-hydrogen) atoms. The van der Waals surface area contributed by atoms with Crippen molar-refractivity contribution in [3.63, 3.8) is 0 Å². The number of benzene rings is 1. The van der Waals surface area contributed by atoms with E-state index < -0.39 is 18.0 Å². The first-order chi connectivity index (χ1) is 9.79. The van der Waals surface area contributed by atoms with Crippen molar-refractivity contribution in [3.8, 4) is 0 Å². The second-order valence-corrected chi connectivity index (χ2v) is 6.41. The number of urea groups is 1. The van der Waals surface area contributed by atoms with E-state index in [0.29, 0.717) is 11.4 Å². The fourth-order valence-corrected chi connectivity index (χ4v) is 2.48. The minimum absolute atomic E-state index is 0.173. The quantitative estimate of drug-likeness (QED) is 0.711. The van der Waals surface area contributed by atoms with Crippen LogP contribution in [0.25, 0.3) is 0 Å². The first kappa shape index (κ1) is 17.8. The van der Waals surface area contributed by atoms with Gasteiger partial charge in [-0.3, -0.25) is 0 Å². The van der Waals surface area contributed by atoms with Crippen LogP contribution < -0.4 is 10.6 Å². The van der Waals surface area contributed by atoms with Crippen LogP contribution in [0.4, 0.5) is 4.79 Å². The lowest BCUT2D eigenvalue weighted by Crippen LogP contribution is -2.46. The number of carbonyl (C=O) groups excluding carboxylic acids is 1. The van der Waals surface area contributed by atoms with Gasteiger partial charge in [-0.1, -0.05) is 47.4 Å². The summed E-state index contributed by atoms with van der Waals surface area (Å²) in [6.45, 7) is 4.03. The average molecular weight is 378 g/mol. The van der Waals surface area contributed by atoms with Crippen LogP contribution in [0.5, 0.6) is 0 Å². The zero-order chi connectivity index (χ0) is 16.0. The highest BCUT2D eigenvalue weighted by atomic mass is 79.9. The first-order valence-electron chi connectivity index (χ1n) is 6.50. The Morgan fingerprint density at radius 2 is 2.05 bits per heavy atom. The van der Waals surface area contributed by atoms with E-state index in [4.69, 9.17) is 16.7 Å². The van der Waals surface area contributed by atoms with E-state index in [1.807, 2.05) is 19.9 Å². The number of carboxylic acid groups (broad SMARTS) is 1. The molecule has 0 bridgehead atoms. The lowest BCUT2D eigenvalue weighted by Gasteiger charge is -2.17. The fourth-order valence-electron chi connectivity index (χ4n) is 1.74. The van der Waals surface area contributed by atoms with Gasteiger partial charge < -0.3 is 15.7 Å². The summed E-state index contributed by atoms with van der Waals surface area (Å²) in [5.74, 6) is -0.868. The highest BCUT2D eigenvalue weighted by Crippen LogP contribution is 2.21. The third kappa shape index (κ3) is 6.35. The lowest BCUT2D eigenvalue weighted by molar-refractivity contribution is -0.139. The second kappa shape index (κ2) is 8.24. The minimum Gasteiger partial charge on any atom is -0.480 e. The normalized spacial score (nSPS) is 12.0. The number of amides is 2. The number of hydrogen-bond acceptors (Lipinski definition) is 2. The van der Waals surface area contributed by atoms with Crippen molar-refractivity contribution in [2.75, 3.05) is 0 Å². The summed E-state index contributed by atoms with van der Waals surface area (Å²) >= 11 is 9.34. The number of aliphatic carboxylic acids is 1. The molecule has 1 aromatic rings.